The van der Waals surface area contributed by atoms with Gasteiger partial charge < -0.3 is 14.8 Å². The second-order valence-corrected chi connectivity index (χ2v) is 9.73. The third-order valence-electron chi connectivity index (χ3n) is 6.43. The van der Waals surface area contributed by atoms with E-state index in [-0.39, 0.29) is 12.2 Å². The van der Waals surface area contributed by atoms with Crippen LogP contribution < -0.4 is 5.32 Å². The van der Waals surface area contributed by atoms with Gasteiger partial charge >= 0.3 is 5.97 Å². The first-order valence-corrected chi connectivity index (χ1v) is 13.3. The fraction of sp³-hybridized carbons (Fsp3) is 0.207. The first kappa shape index (κ1) is 27.7. The SMILES string of the molecule is CCCc1cc(C(=O)NC(CC(=O)O)c2ccccc2Cl)oc1Cc1cnc(-c2ccccc2-c2nn[nH]n2)nc1. The molecule has 12 heteroatoms. The summed E-state index contributed by atoms with van der Waals surface area (Å²) in [7, 11) is 0. The molecule has 0 fully saturated rings. The van der Waals surface area contributed by atoms with Crippen LogP contribution in [0.5, 0.6) is 0 Å². The molecule has 1 atom stereocenters. The quantitative estimate of drug-likeness (QED) is 0.197. The van der Waals surface area contributed by atoms with E-state index in [0.717, 1.165) is 28.7 Å². The van der Waals surface area contributed by atoms with E-state index in [2.05, 4.69) is 35.9 Å². The molecule has 3 N–H and O–H groups in total. The number of carbonyl (C=O) groups is 2. The van der Waals surface area contributed by atoms with Crippen LogP contribution in [0.2, 0.25) is 5.02 Å². The standard InChI is InChI=1S/C29H26ClN7O4/c1-2-7-18-13-25(29(40)33-23(14-26(38)39)21-10-5-6-11-22(21)30)41-24(18)12-17-15-31-27(32-16-17)19-8-3-4-9-20(19)28-34-36-37-35-28/h3-6,8-11,13,15-16,23H,2,7,12,14H2,1H3,(H,33,40)(H,38,39)(H,34,35,36,37). The number of amides is 1. The lowest BCUT2D eigenvalue weighted by atomic mass is 10.0. The number of halogens is 1. The zero-order chi connectivity index (χ0) is 28.8. The summed E-state index contributed by atoms with van der Waals surface area (Å²) in [5, 5.41) is 26.8. The van der Waals surface area contributed by atoms with E-state index in [4.69, 9.17) is 16.0 Å². The van der Waals surface area contributed by atoms with Crippen molar-refractivity contribution >= 4 is 23.5 Å². The summed E-state index contributed by atoms with van der Waals surface area (Å²) in [6.07, 6.45) is 5.02. The van der Waals surface area contributed by atoms with Crippen molar-refractivity contribution in [3.8, 4) is 22.8 Å². The summed E-state index contributed by atoms with van der Waals surface area (Å²) >= 11 is 6.29. The molecular weight excluding hydrogens is 546 g/mol. The molecule has 0 bridgehead atoms. The molecule has 2 aromatic carbocycles. The van der Waals surface area contributed by atoms with E-state index >= 15 is 0 Å². The van der Waals surface area contributed by atoms with Gasteiger partial charge in [-0.25, -0.2) is 9.97 Å². The van der Waals surface area contributed by atoms with Crippen LogP contribution in [0.25, 0.3) is 22.8 Å². The number of rotatable bonds is 11. The number of tetrazole rings is 1. The van der Waals surface area contributed by atoms with Gasteiger partial charge in [-0.2, -0.15) is 5.21 Å². The van der Waals surface area contributed by atoms with E-state index in [1.807, 2.05) is 31.2 Å². The lowest BCUT2D eigenvalue weighted by Crippen LogP contribution is -2.30. The third-order valence-corrected chi connectivity index (χ3v) is 6.77. The highest BCUT2D eigenvalue weighted by atomic mass is 35.5. The Balaban J connectivity index is 1.36. The summed E-state index contributed by atoms with van der Waals surface area (Å²) in [5.74, 6) is 0.0749. The van der Waals surface area contributed by atoms with E-state index in [9.17, 15) is 14.7 Å². The van der Waals surface area contributed by atoms with E-state index in [1.165, 1.54) is 0 Å². The van der Waals surface area contributed by atoms with Crippen molar-refractivity contribution in [1.82, 2.24) is 35.9 Å². The van der Waals surface area contributed by atoms with Gasteiger partial charge in [0, 0.05) is 35.0 Å². The Morgan fingerprint density at radius 2 is 1.76 bits per heavy atom. The van der Waals surface area contributed by atoms with Crippen LogP contribution in [-0.2, 0) is 17.6 Å². The summed E-state index contributed by atoms with van der Waals surface area (Å²) < 4.78 is 6.01. The van der Waals surface area contributed by atoms with Gasteiger partial charge in [0.15, 0.2) is 11.6 Å². The average molecular weight is 572 g/mol. The van der Waals surface area contributed by atoms with Crippen molar-refractivity contribution in [1.29, 1.82) is 0 Å². The van der Waals surface area contributed by atoms with Gasteiger partial charge in [-0.05, 0) is 40.5 Å². The van der Waals surface area contributed by atoms with Crippen molar-refractivity contribution in [3.05, 3.63) is 100 Å². The number of nitrogens with zero attached hydrogens (tertiary/aromatic N) is 5. The monoisotopic (exact) mass is 571 g/mol. The summed E-state index contributed by atoms with van der Waals surface area (Å²) in [6.45, 7) is 2.04. The number of hydrogen-bond donors (Lipinski definition) is 3. The van der Waals surface area contributed by atoms with Crippen molar-refractivity contribution in [2.24, 2.45) is 0 Å². The number of nitrogens with one attached hydrogen (secondary N) is 2. The summed E-state index contributed by atoms with van der Waals surface area (Å²) in [5.41, 5.74) is 3.71. The molecule has 5 rings (SSSR count). The lowest BCUT2D eigenvalue weighted by Gasteiger charge is -2.18. The van der Waals surface area contributed by atoms with Crippen LogP contribution >= 0.6 is 11.6 Å². The highest BCUT2D eigenvalue weighted by Gasteiger charge is 2.24. The van der Waals surface area contributed by atoms with Crippen LogP contribution in [0.3, 0.4) is 0 Å². The molecule has 11 nitrogen and oxygen atoms in total. The highest BCUT2D eigenvalue weighted by molar-refractivity contribution is 6.31. The lowest BCUT2D eigenvalue weighted by molar-refractivity contribution is -0.137. The molecule has 208 valence electrons. The number of benzene rings is 2. The number of aromatic nitrogens is 6. The van der Waals surface area contributed by atoms with Crippen LogP contribution in [0, 0.1) is 0 Å². The second kappa shape index (κ2) is 12.5. The zero-order valence-electron chi connectivity index (χ0n) is 22.0. The Kier molecular flexibility index (Phi) is 8.44. The first-order chi connectivity index (χ1) is 19.9. The number of carbonyl (C=O) groups excluding carboxylic acids is 1. The Labute approximate surface area is 240 Å². The van der Waals surface area contributed by atoms with Gasteiger partial charge in [0.2, 0.25) is 5.82 Å². The van der Waals surface area contributed by atoms with E-state index in [1.54, 1.807) is 42.7 Å². The second-order valence-electron chi connectivity index (χ2n) is 9.33. The molecule has 1 amide bonds. The minimum Gasteiger partial charge on any atom is -0.481 e. The maximum Gasteiger partial charge on any atom is 0.305 e. The minimum atomic E-state index is -1.06. The zero-order valence-corrected chi connectivity index (χ0v) is 22.8. The molecule has 0 saturated heterocycles. The maximum atomic E-state index is 13.2. The number of furan rings is 1. The van der Waals surface area contributed by atoms with Crippen LogP contribution in [0.4, 0.5) is 0 Å². The van der Waals surface area contributed by atoms with E-state index < -0.39 is 17.9 Å². The maximum absolute atomic E-state index is 13.2. The van der Waals surface area contributed by atoms with Gasteiger partial charge in [0.1, 0.15) is 5.76 Å². The van der Waals surface area contributed by atoms with Crippen molar-refractivity contribution in [3.63, 3.8) is 0 Å². The molecule has 0 aliphatic heterocycles. The molecular formula is C29H26ClN7O4. The highest BCUT2D eigenvalue weighted by Crippen LogP contribution is 2.29. The normalized spacial score (nSPS) is 11.8. The summed E-state index contributed by atoms with van der Waals surface area (Å²) in [6, 6.07) is 15.2. The van der Waals surface area contributed by atoms with Gasteiger partial charge in [-0.1, -0.05) is 67.4 Å². The fourth-order valence-corrected chi connectivity index (χ4v) is 4.80. The number of carboxylic acids is 1. The number of carboxylic acid groups (broad SMARTS) is 1. The molecule has 0 aliphatic carbocycles. The Morgan fingerprint density at radius 1 is 1.05 bits per heavy atom. The average Bonchev–Trinajstić information content (AvgIpc) is 3.64. The van der Waals surface area contributed by atoms with E-state index in [0.29, 0.717) is 40.8 Å². The summed E-state index contributed by atoms with van der Waals surface area (Å²) in [4.78, 5) is 33.8. The van der Waals surface area contributed by atoms with Crippen LogP contribution in [-0.4, -0.2) is 47.6 Å². The number of aliphatic carboxylic acids is 1. The smallest absolute Gasteiger partial charge is 0.305 e. The Morgan fingerprint density at radius 3 is 2.41 bits per heavy atom. The predicted molar refractivity (Wildman–Crippen MR) is 150 cm³/mol. The molecule has 5 aromatic rings. The van der Waals surface area contributed by atoms with Crippen LogP contribution in [0.15, 0.2) is 71.4 Å². The van der Waals surface area contributed by atoms with Crippen LogP contribution in [0.1, 0.15) is 58.8 Å². The third kappa shape index (κ3) is 6.47. The number of hydrogen-bond acceptors (Lipinski definition) is 8. The molecule has 1 unspecified atom stereocenters. The Bertz CT molecular complexity index is 1650. The first-order valence-electron chi connectivity index (χ1n) is 13.0. The van der Waals surface area contributed by atoms with Gasteiger partial charge in [-0.3, -0.25) is 9.59 Å². The minimum absolute atomic E-state index is 0.0949. The number of aromatic amines is 1. The molecule has 3 aromatic heterocycles. The molecule has 0 spiro atoms. The molecule has 0 aliphatic rings. The fourth-order valence-electron chi connectivity index (χ4n) is 4.53. The number of H-pyrrole nitrogens is 1. The molecule has 3 heterocycles. The topological polar surface area (TPSA) is 160 Å². The number of aryl methyl sites for hydroxylation is 1. The Hall–Kier alpha value is -4.90. The van der Waals surface area contributed by atoms with Crippen molar-refractivity contribution in [2.75, 3.05) is 0 Å². The van der Waals surface area contributed by atoms with Gasteiger partial charge in [0.05, 0.1) is 12.5 Å². The van der Waals surface area contributed by atoms with Crippen molar-refractivity contribution in [2.45, 2.75) is 38.6 Å². The molecule has 41 heavy (non-hydrogen) atoms. The van der Waals surface area contributed by atoms with Crippen molar-refractivity contribution < 1.29 is 19.1 Å². The van der Waals surface area contributed by atoms with Gasteiger partial charge in [0.25, 0.3) is 5.91 Å². The molecule has 0 saturated carbocycles. The molecule has 0 radical (unpaired) electrons. The van der Waals surface area contributed by atoms with Gasteiger partial charge in [-0.15, -0.1) is 10.2 Å². The largest absolute Gasteiger partial charge is 0.481 e. The predicted octanol–water partition coefficient (Wildman–Crippen LogP) is 5.06.